The van der Waals surface area contributed by atoms with E-state index < -0.39 is 16.2 Å². The molecule has 2 N–H and O–H groups in total. The summed E-state index contributed by atoms with van der Waals surface area (Å²) in [6.07, 6.45) is 0.607. The smallest absolute Gasteiger partial charge is 0.257 e. The molecule has 2 unspecified atom stereocenters. The Labute approximate surface area is 249 Å². The van der Waals surface area contributed by atoms with Crippen molar-refractivity contribution in [3.05, 3.63) is 58.1 Å². The van der Waals surface area contributed by atoms with Crippen LogP contribution in [-0.4, -0.2) is 72.5 Å². The molecular weight excluding hydrogens is 571 g/mol. The van der Waals surface area contributed by atoms with Gasteiger partial charge < -0.3 is 15.4 Å². The number of benzene rings is 2. The first-order valence-electron chi connectivity index (χ1n) is 13.6. The van der Waals surface area contributed by atoms with Gasteiger partial charge in [0.2, 0.25) is 11.8 Å². The van der Waals surface area contributed by atoms with Crippen LogP contribution in [0.4, 0.5) is 11.4 Å². The van der Waals surface area contributed by atoms with Gasteiger partial charge in [0.05, 0.1) is 19.6 Å². The average Bonchev–Trinajstić information content (AvgIpc) is 3.36. The van der Waals surface area contributed by atoms with Crippen LogP contribution in [0.1, 0.15) is 32.3 Å². The molecule has 1 spiro atoms. The molecule has 5 rings (SSSR count). The number of hydrogen-bond acceptors (Lipinski definition) is 6. The van der Waals surface area contributed by atoms with Crippen LogP contribution in [0.15, 0.2) is 42.5 Å². The quantitative estimate of drug-likeness (QED) is 0.408. The number of amides is 3. The van der Waals surface area contributed by atoms with Crippen LogP contribution >= 0.6 is 35.0 Å². The van der Waals surface area contributed by atoms with Crippen molar-refractivity contribution >= 4 is 64.1 Å². The van der Waals surface area contributed by atoms with Crippen LogP contribution in [0.3, 0.4) is 0 Å². The second-order valence-electron chi connectivity index (χ2n) is 10.8. The molecule has 214 valence electrons. The molecule has 0 aliphatic carbocycles. The number of hydrogen-bond donors (Lipinski definition) is 2. The number of halogens is 2. The molecule has 2 atom stereocenters. The maximum atomic E-state index is 14.4. The molecule has 0 bridgehead atoms. The fraction of sp³-hybridized carbons (Fsp3) is 0.483. The average molecular weight is 606 g/mol. The highest BCUT2D eigenvalue weighted by molar-refractivity contribution is 8.01. The Kier molecular flexibility index (Phi) is 8.69. The summed E-state index contributed by atoms with van der Waals surface area (Å²) in [6, 6.07) is 12.0. The van der Waals surface area contributed by atoms with E-state index in [9.17, 15) is 14.4 Å². The zero-order valence-electron chi connectivity index (χ0n) is 22.7. The first-order chi connectivity index (χ1) is 19.2. The molecule has 0 radical (unpaired) electrons. The highest BCUT2D eigenvalue weighted by atomic mass is 35.5. The van der Waals surface area contributed by atoms with E-state index in [0.717, 1.165) is 26.1 Å². The van der Waals surface area contributed by atoms with Gasteiger partial charge in [-0.15, -0.1) is 11.8 Å². The van der Waals surface area contributed by atoms with Gasteiger partial charge in [-0.3, -0.25) is 24.2 Å². The number of carbonyl (C=O) groups excluding carboxylic acids is 3. The molecule has 2 saturated heterocycles. The molecule has 3 aliphatic heterocycles. The first-order valence-corrected chi connectivity index (χ1v) is 15.4. The van der Waals surface area contributed by atoms with Crippen molar-refractivity contribution in [3.63, 3.8) is 0 Å². The van der Waals surface area contributed by atoms with Gasteiger partial charge in [0.15, 0.2) is 5.54 Å². The lowest BCUT2D eigenvalue weighted by Crippen LogP contribution is -2.64. The number of anilines is 2. The highest BCUT2D eigenvalue weighted by Gasteiger charge is 2.74. The summed E-state index contributed by atoms with van der Waals surface area (Å²) in [4.78, 5) is 46.5. The minimum atomic E-state index is -1.64. The number of nitrogens with one attached hydrogen (secondary N) is 2. The van der Waals surface area contributed by atoms with Crippen molar-refractivity contribution in [3.8, 4) is 0 Å². The number of morpholine rings is 1. The first kappa shape index (κ1) is 29.2. The maximum Gasteiger partial charge on any atom is 0.257 e. The van der Waals surface area contributed by atoms with Crippen LogP contribution in [0.25, 0.3) is 0 Å². The van der Waals surface area contributed by atoms with Gasteiger partial charge in [-0.05, 0) is 55.0 Å². The van der Waals surface area contributed by atoms with Crippen LogP contribution in [0.5, 0.6) is 0 Å². The topological polar surface area (TPSA) is 91.0 Å². The zero-order valence-corrected chi connectivity index (χ0v) is 25.0. The lowest BCUT2D eigenvalue weighted by molar-refractivity contribution is -0.130. The standard InChI is InChI=1S/C29H34Cl2N4O4S/c1-19(2)18-40-28(26(37)32-9-4-10-34-11-13-39-14-12-34)17-25(36)35(22-6-3-5-20(30)15-22)29(28)23-8-7-21(31)16-24(23)33-27(29)38/h3,5-8,15-16,19H,4,9-14,17-18H2,1-2H3,(H,32,37)(H,33,38). The van der Waals surface area contributed by atoms with E-state index in [0.29, 0.717) is 52.5 Å². The highest BCUT2D eigenvalue weighted by Crippen LogP contribution is 2.60. The molecule has 11 heteroatoms. The van der Waals surface area contributed by atoms with Crippen molar-refractivity contribution in [2.75, 3.05) is 55.4 Å². The van der Waals surface area contributed by atoms with E-state index in [1.54, 1.807) is 42.5 Å². The Morgan fingerprint density at radius 2 is 1.88 bits per heavy atom. The van der Waals surface area contributed by atoms with Crippen LogP contribution in [0, 0.1) is 5.92 Å². The lowest BCUT2D eigenvalue weighted by atomic mass is 9.77. The normalized spacial score (nSPS) is 24.6. The van der Waals surface area contributed by atoms with Crippen molar-refractivity contribution < 1.29 is 19.1 Å². The van der Waals surface area contributed by atoms with Crippen molar-refractivity contribution in [1.29, 1.82) is 0 Å². The van der Waals surface area contributed by atoms with E-state index in [-0.39, 0.29) is 24.2 Å². The molecule has 40 heavy (non-hydrogen) atoms. The Morgan fingerprint density at radius 3 is 2.60 bits per heavy atom. The number of ether oxygens (including phenoxy) is 1. The molecule has 0 saturated carbocycles. The Hall–Kier alpha value is -2.30. The van der Waals surface area contributed by atoms with E-state index in [1.807, 2.05) is 0 Å². The Morgan fingerprint density at radius 1 is 1.12 bits per heavy atom. The largest absolute Gasteiger partial charge is 0.379 e. The van der Waals surface area contributed by atoms with E-state index in [4.69, 9.17) is 27.9 Å². The summed E-state index contributed by atoms with van der Waals surface area (Å²) in [5.41, 5.74) is -0.133. The van der Waals surface area contributed by atoms with Crippen molar-refractivity contribution in [1.82, 2.24) is 10.2 Å². The summed E-state index contributed by atoms with van der Waals surface area (Å²) in [6.45, 7) is 8.53. The molecule has 3 aliphatic rings. The second kappa shape index (κ2) is 11.9. The number of nitrogens with zero attached hydrogens (tertiary/aromatic N) is 2. The van der Waals surface area contributed by atoms with Gasteiger partial charge in [-0.25, -0.2) is 0 Å². The summed E-state index contributed by atoms with van der Waals surface area (Å²) in [5.74, 6) is -0.278. The number of carbonyl (C=O) groups is 3. The zero-order chi connectivity index (χ0) is 28.5. The van der Waals surface area contributed by atoms with Crippen LogP contribution in [0.2, 0.25) is 10.0 Å². The lowest BCUT2D eigenvalue weighted by Gasteiger charge is -2.44. The number of rotatable bonds is 9. The molecule has 2 aromatic rings. The third-order valence-electron chi connectivity index (χ3n) is 7.65. The monoisotopic (exact) mass is 604 g/mol. The fourth-order valence-corrected chi connectivity index (χ4v) is 7.79. The number of thioether (sulfide) groups is 1. The van der Waals surface area contributed by atoms with Gasteiger partial charge in [-0.2, -0.15) is 0 Å². The predicted molar refractivity (Wildman–Crippen MR) is 160 cm³/mol. The summed E-state index contributed by atoms with van der Waals surface area (Å²) in [7, 11) is 0. The van der Waals surface area contributed by atoms with Gasteiger partial charge in [0.25, 0.3) is 5.91 Å². The van der Waals surface area contributed by atoms with Gasteiger partial charge in [-0.1, -0.05) is 49.2 Å². The summed E-state index contributed by atoms with van der Waals surface area (Å²) >= 11 is 14.0. The number of fused-ring (bicyclic) bond motifs is 2. The third-order valence-corrected chi connectivity index (χ3v) is 10.1. The SMILES string of the molecule is CC(C)CSC1(C(=O)NCCCN2CCOCC2)CC(=O)N(c2cccc(Cl)c2)C12C(=O)Nc1cc(Cl)ccc12. The Balaban J connectivity index is 1.58. The van der Waals surface area contributed by atoms with Gasteiger partial charge in [0, 0.05) is 46.6 Å². The molecule has 3 heterocycles. The predicted octanol–water partition coefficient (Wildman–Crippen LogP) is 4.54. The molecule has 3 amide bonds. The molecule has 8 nitrogen and oxygen atoms in total. The van der Waals surface area contributed by atoms with Gasteiger partial charge in [0.1, 0.15) is 4.75 Å². The fourth-order valence-electron chi connectivity index (χ4n) is 5.88. The Bertz CT molecular complexity index is 1300. The minimum absolute atomic E-state index is 0.137. The van der Waals surface area contributed by atoms with Crippen molar-refractivity contribution in [2.45, 2.75) is 37.0 Å². The summed E-state index contributed by atoms with van der Waals surface area (Å²) in [5, 5.41) is 6.94. The van der Waals surface area contributed by atoms with Crippen LogP contribution in [-0.2, 0) is 24.7 Å². The molecule has 2 fully saturated rings. The van der Waals surface area contributed by atoms with E-state index in [2.05, 4.69) is 29.4 Å². The summed E-state index contributed by atoms with van der Waals surface area (Å²) < 4.78 is 4.00. The third kappa shape index (κ3) is 5.11. The molecule has 0 aromatic heterocycles. The van der Waals surface area contributed by atoms with Crippen molar-refractivity contribution in [2.24, 2.45) is 5.92 Å². The van der Waals surface area contributed by atoms with E-state index >= 15 is 0 Å². The van der Waals surface area contributed by atoms with E-state index in [1.165, 1.54) is 16.7 Å². The minimum Gasteiger partial charge on any atom is -0.379 e. The maximum absolute atomic E-state index is 14.4. The second-order valence-corrected chi connectivity index (χ2v) is 13.0. The molecule has 2 aromatic carbocycles. The van der Waals surface area contributed by atoms with Gasteiger partial charge >= 0.3 is 0 Å². The molecular formula is C29H34Cl2N4O4S. The van der Waals surface area contributed by atoms with Crippen LogP contribution < -0.4 is 15.5 Å².